The molecule has 3 heteroatoms. The van der Waals surface area contributed by atoms with Crippen LogP contribution in [0.1, 0.15) is 31.2 Å². The van der Waals surface area contributed by atoms with E-state index in [4.69, 9.17) is 11.6 Å². The number of halogens is 1. The van der Waals surface area contributed by atoms with Gasteiger partial charge in [0.25, 0.3) is 0 Å². The smallest absolute Gasteiger partial charge is 0.0693 e. The van der Waals surface area contributed by atoms with Crippen molar-refractivity contribution in [3.63, 3.8) is 0 Å². The third-order valence-corrected chi connectivity index (χ3v) is 3.46. The maximum atomic E-state index is 9.81. The van der Waals surface area contributed by atoms with Gasteiger partial charge in [0.2, 0.25) is 0 Å². The van der Waals surface area contributed by atoms with Gasteiger partial charge in [0.1, 0.15) is 0 Å². The standard InChI is InChI=1S/C13H18ClNO/c14-11-7-5-10(6-8-11)9-15-12-3-1-2-4-13(12)16/h5-8,12-13,15-16H,1-4,9H2/t12-,13-/m0/s1. The van der Waals surface area contributed by atoms with Crippen LogP contribution in [0.5, 0.6) is 0 Å². The highest BCUT2D eigenvalue weighted by Gasteiger charge is 2.21. The summed E-state index contributed by atoms with van der Waals surface area (Å²) in [4.78, 5) is 0. The van der Waals surface area contributed by atoms with E-state index in [1.54, 1.807) is 0 Å². The van der Waals surface area contributed by atoms with Crippen molar-refractivity contribution in [1.29, 1.82) is 0 Å². The van der Waals surface area contributed by atoms with E-state index in [2.05, 4.69) is 5.32 Å². The van der Waals surface area contributed by atoms with E-state index in [1.165, 1.54) is 12.0 Å². The quantitative estimate of drug-likeness (QED) is 0.850. The highest BCUT2D eigenvalue weighted by molar-refractivity contribution is 6.30. The van der Waals surface area contributed by atoms with Gasteiger partial charge in [-0.25, -0.2) is 0 Å². The second-order valence-corrected chi connectivity index (χ2v) is 4.90. The third kappa shape index (κ3) is 3.21. The molecule has 0 unspecified atom stereocenters. The molecule has 0 heterocycles. The number of nitrogens with one attached hydrogen (secondary N) is 1. The van der Waals surface area contributed by atoms with Crippen molar-refractivity contribution in [2.24, 2.45) is 0 Å². The molecule has 0 aromatic heterocycles. The van der Waals surface area contributed by atoms with E-state index >= 15 is 0 Å². The average Bonchev–Trinajstić information content (AvgIpc) is 2.30. The Balaban J connectivity index is 1.84. The first-order valence-electron chi connectivity index (χ1n) is 5.91. The maximum absolute atomic E-state index is 9.81. The lowest BCUT2D eigenvalue weighted by Gasteiger charge is -2.28. The molecule has 88 valence electrons. The van der Waals surface area contributed by atoms with E-state index in [-0.39, 0.29) is 12.1 Å². The Bertz CT molecular complexity index is 325. The number of hydrogen-bond donors (Lipinski definition) is 2. The Morgan fingerprint density at radius 3 is 2.56 bits per heavy atom. The molecule has 0 spiro atoms. The van der Waals surface area contributed by atoms with Crippen molar-refractivity contribution in [3.05, 3.63) is 34.9 Å². The van der Waals surface area contributed by atoms with Crippen molar-refractivity contribution in [2.45, 2.75) is 44.4 Å². The highest BCUT2D eigenvalue weighted by Crippen LogP contribution is 2.19. The molecule has 0 amide bonds. The first-order valence-corrected chi connectivity index (χ1v) is 6.29. The number of hydrogen-bond acceptors (Lipinski definition) is 2. The lowest BCUT2D eigenvalue weighted by Crippen LogP contribution is -2.41. The topological polar surface area (TPSA) is 32.3 Å². The molecule has 0 radical (unpaired) electrons. The van der Waals surface area contributed by atoms with E-state index in [1.807, 2.05) is 24.3 Å². The second kappa shape index (κ2) is 5.67. The zero-order valence-electron chi connectivity index (χ0n) is 9.32. The van der Waals surface area contributed by atoms with Crippen LogP contribution in [0.25, 0.3) is 0 Å². The molecule has 1 aliphatic rings. The Hall–Kier alpha value is -0.570. The van der Waals surface area contributed by atoms with Crippen LogP contribution in [0.4, 0.5) is 0 Å². The molecule has 16 heavy (non-hydrogen) atoms. The highest BCUT2D eigenvalue weighted by atomic mass is 35.5. The Morgan fingerprint density at radius 1 is 1.19 bits per heavy atom. The number of rotatable bonds is 3. The van der Waals surface area contributed by atoms with Crippen LogP contribution in [-0.2, 0) is 6.54 Å². The minimum atomic E-state index is -0.180. The summed E-state index contributed by atoms with van der Waals surface area (Å²) in [7, 11) is 0. The Kier molecular flexibility index (Phi) is 4.22. The summed E-state index contributed by atoms with van der Waals surface area (Å²) in [5, 5.41) is 14.0. The van der Waals surface area contributed by atoms with Gasteiger partial charge in [-0.3, -0.25) is 0 Å². The van der Waals surface area contributed by atoms with Crippen molar-refractivity contribution in [1.82, 2.24) is 5.32 Å². The summed E-state index contributed by atoms with van der Waals surface area (Å²) in [6.07, 6.45) is 4.20. The third-order valence-electron chi connectivity index (χ3n) is 3.21. The predicted octanol–water partition coefficient (Wildman–Crippen LogP) is 2.73. The first-order chi connectivity index (χ1) is 7.75. The number of aliphatic hydroxyl groups excluding tert-OH is 1. The second-order valence-electron chi connectivity index (χ2n) is 4.47. The fraction of sp³-hybridized carbons (Fsp3) is 0.538. The lowest BCUT2D eigenvalue weighted by molar-refractivity contribution is 0.0902. The molecule has 0 aliphatic heterocycles. The molecule has 1 aliphatic carbocycles. The van der Waals surface area contributed by atoms with Crippen LogP contribution in [0.3, 0.4) is 0 Å². The van der Waals surface area contributed by atoms with E-state index < -0.39 is 0 Å². The molecular weight excluding hydrogens is 222 g/mol. The molecular formula is C13H18ClNO. The van der Waals surface area contributed by atoms with Gasteiger partial charge in [-0.1, -0.05) is 36.6 Å². The fourth-order valence-corrected chi connectivity index (χ4v) is 2.33. The summed E-state index contributed by atoms with van der Waals surface area (Å²) in [6, 6.07) is 8.09. The van der Waals surface area contributed by atoms with Gasteiger partial charge in [-0.15, -0.1) is 0 Å². The van der Waals surface area contributed by atoms with E-state index in [0.29, 0.717) is 0 Å². The van der Waals surface area contributed by atoms with Crippen LogP contribution in [0.2, 0.25) is 5.02 Å². The summed E-state index contributed by atoms with van der Waals surface area (Å²) in [5.74, 6) is 0. The van der Waals surface area contributed by atoms with Crippen LogP contribution in [-0.4, -0.2) is 17.3 Å². The van der Waals surface area contributed by atoms with E-state index in [0.717, 1.165) is 30.8 Å². The number of aliphatic hydroxyl groups is 1. The van der Waals surface area contributed by atoms with Gasteiger partial charge in [-0.2, -0.15) is 0 Å². The monoisotopic (exact) mass is 239 g/mol. The van der Waals surface area contributed by atoms with Crippen molar-refractivity contribution in [3.8, 4) is 0 Å². The minimum absolute atomic E-state index is 0.180. The van der Waals surface area contributed by atoms with Crippen molar-refractivity contribution < 1.29 is 5.11 Å². The SMILES string of the molecule is O[C@H]1CCCC[C@@H]1NCc1ccc(Cl)cc1. The molecule has 0 bridgehead atoms. The zero-order chi connectivity index (χ0) is 11.4. The van der Waals surface area contributed by atoms with Gasteiger partial charge in [0.15, 0.2) is 0 Å². The summed E-state index contributed by atoms with van der Waals surface area (Å²) < 4.78 is 0. The largest absolute Gasteiger partial charge is 0.392 e. The predicted molar refractivity (Wildman–Crippen MR) is 66.6 cm³/mol. The van der Waals surface area contributed by atoms with Gasteiger partial charge >= 0.3 is 0 Å². The molecule has 2 N–H and O–H groups in total. The van der Waals surface area contributed by atoms with Gasteiger partial charge in [0, 0.05) is 17.6 Å². The van der Waals surface area contributed by atoms with Gasteiger partial charge in [-0.05, 0) is 30.5 Å². The zero-order valence-corrected chi connectivity index (χ0v) is 10.1. The molecule has 1 saturated carbocycles. The molecule has 2 rings (SSSR count). The number of benzene rings is 1. The van der Waals surface area contributed by atoms with Gasteiger partial charge in [0.05, 0.1) is 6.10 Å². The van der Waals surface area contributed by atoms with Crippen LogP contribution < -0.4 is 5.32 Å². The molecule has 1 aromatic rings. The van der Waals surface area contributed by atoms with E-state index in [9.17, 15) is 5.11 Å². The molecule has 1 fully saturated rings. The Morgan fingerprint density at radius 2 is 1.88 bits per heavy atom. The normalized spacial score (nSPS) is 25.6. The van der Waals surface area contributed by atoms with Crippen LogP contribution >= 0.6 is 11.6 Å². The van der Waals surface area contributed by atoms with Crippen LogP contribution in [0, 0.1) is 0 Å². The van der Waals surface area contributed by atoms with Crippen LogP contribution in [0.15, 0.2) is 24.3 Å². The summed E-state index contributed by atoms with van der Waals surface area (Å²) in [5.41, 5.74) is 1.21. The fourth-order valence-electron chi connectivity index (χ4n) is 2.20. The molecule has 2 nitrogen and oxygen atoms in total. The summed E-state index contributed by atoms with van der Waals surface area (Å²) >= 11 is 5.82. The first kappa shape index (κ1) is 11.9. The summed E-state index contributed by atoms with van der Waals surface area (Å²) in [6.45, 7) is 0.804. The van der Waals surface area contributed by atoms with Crippen molar-refractivity contribution in [2.75, 3.05) is 0 Å². The van der Waals surface area contributed by atoms with Crippen molar-refractivity contribution >= 4 is 11.6 Å². The molecule has 0 saturated heterocycles. The minimum Gasteiger partial charge on any atom is -0.392 e. The van der Waals surface area contributed by atoms with Gasteiger partial charge < -0.3 is 10.4 Å². The molecule has 2 atom stereocenters. The molecule has 1 aromatic carbocycles. The Labute approximate surface area is 102 Å². The lowest BCUT2D eigenvalue weighted by atomic mass is 9.92. The average molecular weight is 240 g/mol. The maximum Gasteiger partial charge on any atom is 0.0693 e.